The molecule has 2 aliphatic carbocycles. The van der Waals surface area contributed by atoms with Crippen molar-refractivity contribution in [3.05, 3.63) is 126 Å². The van der Waals surface area contributed by atoms with Crippen LogP contribution in [0.25, 0.3) is 11.1 Å². The van der Waals surface area contributed by atoms with Crippen molar-refractivity contribution in [3.8, 4) is 11.1 Å². The number of hydrogen-bond donors (Lipinski definition) is 0. The van der Waals surface area contributed by atoms with E-state index in [1.165, 1.54) is 52.1 Å². The Labute approximate surface area is 228 Å². The van der Waals surface area contributed by atoms with E-state index < -0.39 is 0 Å². The first-order chi connectivity index (χ1) is 14.9. The Balaban J connectivity index is 0.000000456. The molecule has 0 radical (unpaired) electrons. The van der Waals surface area contributed by atoms with E-state index in [-0.39, 0.29) is 24.8 Å². The van der Waals surface area contributed by atoms with E-state index in [1.54, 1.807) is 0 Å². The van der Waals surface area contributed by atoms with E-state index in [0.29, 0.717) is 5.41 Å². The van der Waals surface area contributed by atoms with Crippen LogP contribution in [-0.2, 0) is 30.7 Å². The van der Waals surface area contributed by atoms with Crippen LogP contribution >= 0.6 is 24.8 Å². The van der Waals surface area contributed by atoms with E-state index >= 15 is 0 Å². The summed E-state index contributed by atoms with van der Waals surface area (Å²) in [4.78, 5) is 0. The largest absolute Gasteiger partial charge is 0.179 e. The van der Waals surface area contributed by atoms with Crippen LogP contribution in [0.3, 0.4) is 0 Å². The molecule has 0 saturated carbocycles. The smallest absolute Gasteiger partial charge is 0.0253 e. The molecule has 0 aliphatic heterocycles. The molecule has 0 atom stereocenters. The molecule has 3 aromatic carbocycles. The van der Waals surface area contributed by atoms with Crippen molar-refractivity contribution in [2.75, 3.05) is 0 Å². The van der Waals surface area contributed by atoms with Gasteiger partial charge in [0, 0.05) is 0 Å². The van der Waals surface area contributed by atoms with Gasteiger partial charge in [0.25, 0.3) is 0 Å². The zero-order chi connectivity index (χ0) is 22.7. The summed E-state index contributed by atoms with van der Waals surface area (Å²) in [5, 5.41) is 0. The van der Waals surface area contributed by atoms with Crippen molar-refractivity contribution in [3.63, 3.8) is 0 Å². The van der Waals surface area contributed by atoms with Gasteiger partial charge in [-0.2, -0.15) is 66.1 Å². The van der Waals surface area contributed by atoms with Crippen molar-refractivity contribution < 1.29 is 24.2 Å². The molecule has 0 nitrogen and oxygen atoms in total. The number of fused-ring (bicyclic) bond motifs is 3. The second kappa shape index (κ2) is 16.1. The molecule has 174 valence electrons. The molecule has 0 bridgehead atoms. The minimum Gasteiger partial charge on any atom is -0.179 e. The van der Waals surface area contributed by atoms with Gasteiger partial charge in [-0.25, -0.2) is 6.08 Å². The monoisotopic (exact) mass is 553 g/mol. The van der Waals surface area contributed by atoms with Crippen molar-refractivity contribution >= 4 is 29.0 Å². The van der Waals surface area contributed by atoms with Crippen LogP contribution in [0.1, 0.15) is 43.9 Å². The Morgan fingerprint density at radius 2 is 1.45 bits per heavy atom. The van der Waals surface area contributed by atoms with Gasteiger partial charge in [0.2, 0.25) is 0 Å². The van der Waals surface area contributed by atoms with E-state index in [1.807, 2.05) is 36.4 Å². The molecule has 3 aromatic rings. The zero-order valence-corrected chi connectivity index (χ0v) is 23.8. The summed E-state index contributed by atoms with van der Waals surface area (Å²) in [6.45, 7) is 10.4. The van der Waals surface area contributed by atoms with Crippen molar-refractivity contribution in [1.82, 2.24) is 0 Å². The fourth-order valence-corrected chi connectivity index (χ4v) is 3.40. The summed E-state index contributed by atoms with van der Waals surface area (Å²) in [7, 11) is 0. The SMILES string of the molecule is CC(C)(C)C1=CC[C-]=C1.Cl.Cl.[CH2-]c1ccccc1.[CH2]=[Zr].[c-]1cccc2c1Cc1ccccc1-2. The molecule has 3 heteroatoms. The van der Waals surface area contributed by atoms with E-state index in [4.69, 9.17) is 0 Å². The van der Waals surface area contributed by atoms with E-state index in [0.717, 1.165) is 18.4 Å². The maximum Gasteiger partial charge on any atom is -0.0253 e. The van der Waals surface area contributed by atoms with Gasteiger partial charge >= 0.3 is 28.4 Å². The standard InChI is InChI=1S/C13H9.C9H13.C7H7.CH2.2ClH.Zr/c1-3-7-12-10(5-1)9-11-6-2-4-8-13(11)12;1-9(2,3)8-6-4-5-7-8;1-7-5-3-2-4-6-7;;;;/h1-5,7-8H,9H2;6-7H,4H2,1-3H3;2-6H,1H2;1H2;2*1H;/q3*-1;;;;. The van der Waals surface area contributed by atoms with Crippen LogP contribution < -0.4 is 0 Å². The van der Waals surface area contributed by atoms with Crippen LogP contribution in [0.4, 0.5) is 0 Å². The van der Waals surface area contributed by atoms with Gasteiger partial charge < -0.3 is 0 Å². The fourth-order valence-electron chi connectivity index (χ4n) is 3.40. The molecule has 0 saturated heterocycles. The average molecular weight is 556 g/mol. The van der Waals surface area contributed by atoms with Crippen LogP contribution in [0, 0.1) is 24.5 Å². The number of benzene rings is 3. The van der Waals surface area contributed by atoms with Crippen molar-refractivity contribution in [2.45, 2.75) is 33.6 Å². The molecule has 0 aromatic heterocycles. The molecule has 0 fully saturated rings. The average Bonchev–Trinajstić information content (AvgIpc) is 3.45. The van der Waals surface area contributed by atoms with Gasteiger partial charge in [0.15, 0.2) is 0 Å². The number of halogens is 2. The van der Waals surface area contributed by atoms with E-state index in [9.17, 15) is 0 Å². The summed E-state index contributed by atoms with van der Waals surface area (Å²) in [5.41, 5.74) is 8.32. The molecule has 0 unspecified atom stereocenters. The summed E-state index contributed by atoms with van der Waals surface area (Å²) < 4.78 is 3.34. The van der Waals surface area contributed by atoms with Crippen LogP contribution in [0.15, 0.2) is 90.5 Å². The van der Waals surface area contributed by atoms with Crippen molar-refractivity contribution in [1.29, 1.82) is 0 Å². The van der Waals surface area contributed by atoms with Gasteiger partial charge in [0.05, 0.1) is 0 Å². The zero-order valence-electron chi connectivity index (χ0n) is 19.7. The summed E-state index contributed by atoms with van der Waals surface area (Å²) >= 11 is 1.30. The van der Waals surface area contributed by atoms with Crippen molar-refractivity contribution in [2.24, 2.45) is 5.41 Å². The molecule has 0 N–H and O–H groups in total. The fraction of sp³-hybridized carbons (Fsp3) is 0.200. The molecule has 5 rings (SSSR count). The third kappa shape index (κ3) is 10.0. The first-order valence-corrected chi connectivity index (χ1v) is 12.3. The van der Waals surface area contributed by atoms with Gasteiger partial charge in [-0.05, 0) is 6.42 Å². The summed E-state index contributed by atoms with van der Waals surface area (Å²) in [6.07, 6.45) is 9.55. The normalized spacial score (nSPS) is 11.8. The maximum absolute atomic E-state index is 3.72. The third-order valence-electron chi connectivity index (χ3n) is 5.02. The van der Waals surface area contributed by atoms with Gasteiger partial charge in [-0.3, -0.25) is 6.08 Å². The Morgan fingerprint density at radius 3 is 1.97 bits per heavy atom. The van der Waals surface area contributed by atoms with Crippen LogP contribution in [0.2, 0.25) is 0 Å². The molecule has 0 amide bonds. The molecule has 0 spiro atoms. The Kier molecular flexibility index (Phi) is 15.2. The van der Waals surface area contributed by atoms with Crippen LogP contribution in [-0.4, -0.2) is 4.21 Å². The molecule has 0 heterocycles. The summed E-state index contributed by atoms with van der Waals surface area (Å²) in [6, 6.07) is 28.0. The van der Waals surface area contributed by atoms with E-state index in [2.05, 4.69) is 92.6 Å². The summed E-state index contributed by atoms with van der Waals surface area (Å²) in [5.74, 6) is 0. The molecule has 2 aliphatic rings. The number of rotatable bonds is 0. The topological polar surface area (TPSA) is 0 Å². The van der Waals surface area contributed by atoms with Gasteiger partial charge in [0.1, 0.15) is 0 Å². The predicted molar refractivity (Wildman–Crippen MR) is 146 cm³/mol. The first kappa shape index (κ1) is 31.3. The molecular formula is C30H33Cl2Zr-3. The minimum atomic E-state index is 0. The number of hydrogen-bond acceptors (Lipinski definition) is 0. The third-order valence-corrected chi connectivity index (χ3v) is 5.02. The second-order valence-corrected chi connectivity index (χ2v) is 8.34. The Hall–Kier alpha value is -1.66. The van der Waals surface area contributed by atoms with Gasteiger partial charge in [-0.1, -0.05) is 67.6 Å². The predicted octanol–water partition coefficient (Wildman–Crippen LogP) is 8.46. The second-order valence-electron chi connectivity index (χ2n) is 8.34. The minimum absolute atomic E-state index is 0. The Morgan fingerprint density at radius 1 is 0.848 bits per heavy atom. The first-order valence-electron chi connectivity index (χ1n) is 10.5. The molecular weight excluding hydrogens is 522 g/mol. The maximum atomic E-state index is 3.72. The van der Waals surface area contributed by atoms with Gasteiger partial charge in [-0.15, -0.1) is 48.9 Å². The quantitative estimate of drug-likeness (QED) is 0.191. The molecule has 33 heavy (non-hydrogen) atoms. The van der Waals surface area contributed by atoms with Crippen LogP contribution in [0.5, 0.6) is 0 Å². The number of allylic oxidation sites excluding steroid dienone is 4. The Bertz CT molecular complexity index is 971.